The first kappa shape index (κ1) is 15.6. The van der Waals surface area contributed by atoms with Gasteiger partial charge in [-0.1, -0.05) is 23.1 Å². The number of aromatic nitrogens is 2. The van der Waals surface area contributed by atoms with Crippen LogP contribution >= 0.6 is 23.1 Å². The number of hydrogen-bond acceptors (Lipinski definition) is 7. The number of hydrogen-bond donors (Lipinski definition) is 2. The summed E-state index contributed by atoms with van der Waals surface area (Å²) in [6.45, 7) is 3.70. The van der Waals surface area contributed by atoms with Crippen molar-refractivity contribution in [3.63, 3.8) is 0 Å². The Morgan fingerprint density at radius 3 is 2.86 bits per heavy atom. The summed E-state index contributed by atoms with van der Waals surface area (Å²) in [6.07, 6.45) is 0. The molecule has 0 saturated heterocycles. The summed E-state index contributed by atoms with van der Waals surface area (Å²) < 4.78 is 5.98. The van der Waals surface area contributed by atoms with Crippen LogP contribution in [0.2, 0.25) is 0 Å². The number of methoxy groups -OCH3 is 1. The van der Waals surface area contributed by atoms with Crippen LogP contribution in [0.5, 0.6) is 5.75 Å². The zero-order valence-corrected chi connectivity index (χ0v) is 13.5. The minimum absolute atomic E-state index is 0.129. The van der Waals surface area contributed by atoms with Crippen molar-refractivity contribution in [1.82, 2.24) is 10.2 Å². The predicted molar refractivity (Wildman–Crippen MR) is 86.0 cm³/mol. The van der Waals surface area contributed by atoms with E-state index in [4.69, 9.17) is 10.5 Å². The average molecular weight is 324 g/mol. The van der Waals surface area contributed by atoms with Crippen LogP contribution in [-0.4, -0.2) is 28.5 Å². The fraction of sp³-hybridized carbons (Fsp3) is 0.308. The van der Waals surface area contributed by atoms with Crippen molar-refractivity contribution >= 4 is 40.4 Å². The van der Waals surface area contributed by atoms with Gasteiger partial charge in [-0.15, -0.1) is 10.2 Å². The molecule has 1 heterocycles. The highest BCUT2D eigenvalue weighted by atomic mass is 32.2. The molecule has 8 heteroatoms. The maximum absolute atomic E-state index is 12.2. The van der Waals surface area contributed by atoms with Crippen LogP contribution in [0.4, 0.5) is 11.4 Å². The van der Waals surface area contributed by atoms with E-state index in [1.54, 1.807) is 18.2 Å². The van der Waals surface area contributed by atoms with Gasteiger partial charge in [-0.3, -0.25) is 4.79 Å². The second kappa shape index (κ2) is 6.77. The smallest absolute Gasteiger partial charge is 0.237 e. The van der Waals surface area contributed by atoms with Gasteiger partial charge in [-0.05, 0) is 26.0 Å². The van der Waals surface area contributed by atoms with Crippen LogP contribution < -0.4 is 15.8 Å². The molecule has 0 aliphatic heterocycles. The summed E-state index contributed by atoms with van der Waals surface area (Å²) in [6, 6.07) is 5.10. The molecule has 0 aliphatic rings. The number of nitrogen functional groups attached to an aromatic ring is 1. The van der Waals surface area contributed by atoms with E-state index in [1.807, 2.05) is 13.8 Å². The molecule has 2 aromatic rings. The van der Waals surface area contributed by atoms with Crippen LogP contribution in [0.1, 0.15) is 11.9 Å². The summed E-state index contributed by atoms with van der Waals surface area (Å²) >= 11 is 2.84. The molecule has 1 amide bonds. The fourth-order valence-electron chi connectivity index (χ4n) is 1.58. The lowest BCUT2D eigenvalue weighted by Crippen LogP contribution is -2.22. The number of nitrogens with one attached hydrogen (secondary N) is 1. The van der Waals surface area contributed by atoms with E-state index in [1.165, 1.54) is 30.2 Å². The molecule has 0 spiro atoms. The quantitative estimate of drug-likeness (QED) is 0.649. The summed E-state index contributed by atoms with van der Waals surface area (Å²) in [5, 5.41) is 11.4. The Morgan fingerprint density at radius 2 is 2.24 bits per heavy atom. The number of nitrogens with two attached hydrogens (primary N) is 1. The minimum atomic E-state index is -0.292. The highest BCUT2D eigenvalue weighted by Gasteiger charge is 2.18. The minimum Gasteiger partial charge on any atom is -0.494 e. The van der Waals surface area contributed by atoms with Crippen LogP contribution in [-0.2, 0) is 4.79 Å². The number of anilines is 2. The highest BCUT2D eigenvalue weighted by molar-refractivity contribution is 8.02. The van der Waals surface area contributed by atoms with Gasteiger partial charge in [-0.2, -0.15) is 0 Å². The van der Waals surface area contributed by atoms with Gasteiger partial charge in [-0.25, -0.2) is 0 Å². The monoisotopic (exact) mass is 324 g/mol. The molecule has 0 saturated carbocycles. The largest absolute Gasteiger partial charge is 0.494 e. The standard InChI is InChI=1S/C13H16N4O2S2/c1-7(20-13-17-16-8(2)21-13)12(18)15-10-5-4-9(14)6-11(10)19-3/h4-7H,14H2,1-3H3,(H,15,18). The van der Waals surface area contributed by atoms with E-state index in [-0.39, 0.29) is 11.2 Å². The lowest BCUT2D eigenvalue weighted by atomic mass is 10.2. The summed E-state index contributed by atoms with van der Waals surface area (Å²) in [5.41, 5.74) is 6.86. The number of nitrogens with zero attached hydrogens (tertiary/aromatic N) is 2. The summed E-state index contributed by atoms with van der Waals surface area (Å²) in [7, 11) is 1.53. The van der Waals surface area contributed by atoms with E-state index in [0.29, 0.717) is 17.1 Å². The first-order valence-electron chi connectivity index (χ1n) is 6.20. The SMILES string of the molecule is COc1cc(N)ccc1NC(=O)C(C)Sc1nnc(C)s1. The summed E-state index contributed by atoms with van der Waals surface area (Å²) in [5.74, 6) is 0.406. The molecule has 0 aliphatic carbocycles. The Kier molecular flexibility index (Phi) is 5.03. The number of benzene rings is 1. The Hall–Kier alpha value is -1.80. The van der Waals surface area contributed by atoms with E-state index in [0.717, 1.165) is 9.35 Å². The number of carbonyl (C=O) groups excluding carboxylic acids is 1. The van der Waals surface area contributed by atoms with Gasteiger partial charge < -0.3 is 15.8 Å². The lowest BCUT2D eigenvalue weighted by Gasteiger charge is -2.13. The zero-order chi connectivity index (χ0) is 15.4. The number of thioether (sulfide) groups is 1. The first-order valence-corrected chi connectivity index (χ1v) is 7.90. The second-order valence-corrected chi connectivity index (χ2v) is 7.07. The number of ether oxygens (including phenoxy) is 1. The van der Waals surface area contributed by atoms with Crippen molar-refractivity contribution in [1.29, 1.82) is 0 Å². The third kappa shape index (κ3) is 4.08. The van der Waals surface area contributed by atoms with E-state index < -0.39 is 0 Å². The van der Waals surface area contributed by atoms with Gasteiger partial charge in [0.1, 0.15) is 10.8 Å². The number of aryl methyl sites for hydroxylation is 1. The van der Waals surface area contributed by atoms with Gasteiger partial charge in [0.15, 0.2) is 4.34 Å². The molecule has 21 heavy (non-hydrogen) atoms. The first-order chi connectivity index (χ1) is 9.99. The molecule has 1 atom stereocenters. The van der Waals surface area contributed by atoms with Crippen molar-refractivity contribution in [3.05, 3.63) is 23.2 Å². The van der Waals surface area contributed by atoms with Gasteiger partial charge in [0, 0.05) is 11.8 Å². The second-order valence-electron chi connectivity index (χ2n) is 4.30. The van der Waals surface area contributed by atoms with E-state index >= 15 is 0 Å². The van der Waals surface area contributed by atoms with Gasteiger partial charge in [0.05, 0.1) is 18.0 Å². The third-order valence-electron chi connectivity index (χ3n) is 2.64. The molecule has 112 valence electrons. The Labute approximate surface area is 131 Å². The molecule has 3 N–H and O–H groups in total. The van der Waals surface area contributed by atoms with Crippen LogP contribution in [0, 0.1) is 6.92 Å². The number of rotatable bonds is 5. The average Bonchev–Trinajstić information content (AvgIpc) is 2.85. The number of carbonyl (C=O) groups is 1. The van der Waals surface area contributed by atoms with Crippen molar-refractivity contribution in [2.24, 2.45) is 0 Å². The molecule has 0 bridgehead atoms. The van der Waals surface area contributed by atoms with Crippen molar-refractivity contribution < 1.29 is 9.53 Å². The molecule has 1 unspecified atom stereocenters. The van der Waals surface area contributed by atoms with E-state index in [2.05, 4.69) is 15.5 Å². The Balaban J connectivity index is 2.03. The molecule has 6 nitrogen and oxygen atoms in total. The summed E-state index contributed by atoms with van der Waals surface area (Å²) in [4.78, 5) is 12.2. The van der Waals surface area contributed by atoms with Crippen LogP contribution in [0.25, 0.3) is 0 Å². The van der Waals surface area contributed by atoms with Crippen molar-refractivity contribution in [2.45, 2.75) is 23.4 Å². The number of amides is 1. The van der Waals surface area contributed by atoms with Crippen molar-refractivity contribution in [3.8, 4) is 5.75 Å². The predicted octanol–water partition coefficient (Wildman–Crippen LogP) is 2.56. The maximum Gasteiger partial charge on any atom is 0.237 e. The molecule has 0 fully saturated rings. The van der Waals surface area contributed by atoms with E-state index in [9.17, 15) is 4.79 Å². The maximum atomic E-state index is 12.2. The molecular weight excluding hydrogens is 308 g/mol. The van der Waals surface area contributed by atoms with Crippen molar-refractivity contribution in [2.75, 3.05) is 18.2 Å². The Morgan fingerprint density at radius 1 is 1.48 bits per heavy atom. The third-order valence-corrected chi connectivity index (χ3v) is 4.66. The van der Waals surface area contributed by atoms with Crippen LogP contribution in [0.15, 0.2) is 22.5 Å². The zero-order valence-electron chi connectivity index (χ0n) is 11.9. The lowest BCUT2D eigenvalue weighted by molar-refractivity contribution is -0.115. The highest BCUT2D eigenvalue weighted by Crippen LogP contribution is 2.30. The van der Waals surface area contributed by atoms with Gasteiger partial charge in [0.25, 0.3) is 0 Å². The molecule has 2 rings (SSSR count). The molecular formula is C13H16N4O2S2. The van der Waals surface area contributed by atoms with Crippen LogP contribution in [0.3, 0.4) is 0 Å². The molecule has 0 radical (unpaired) electrons. The normalized spacial score (nSPS) is 12.0. The fourth-order valence-corrected chi connectivity index (χ4v) is 3.54. The molecule has 1 aromatic carbocycles. The van der Waals surface area contributed by atoms with Gasteiger partial charge >= 0.3 is 0 Å². The molecule has 1 aromatic heterocycles. The topological polar surface area (TPSA) is 90.1 Å². The van der Waals surface area contributed by atoms with Gasteiger partial charge in [0.2, 0.25) is 5.91 Å². The Bertz CT molecular complexity index is 645.